The highest BCUT2D eigenvalue weighted by atomic mass is 32.2. The maximum absolute atomic E-state index is 13.5. The number of carboxylic acids is 1. The van der Waals surface area contributed by atoms with Gasteiger partial charge in [0.05, 0.1) is 36.7 Å². The summed E-state index contributed by atoms with van der Waals surface area (Å²) in [5.41, 5.74) is 4.06. The standard InChI is InChI=1S/C18H34N2O6S.C13H8F2O3.C13H14N2O/c1-5-6-10-7-11(20(3)8-10)17(25)19-12(9(2)21)16-14(23)13(22)15(24)18(26-16)27-4;14-8-2-3-9(11(15)6-8)7-1-4-12(16)10(5-7)13(17)18;1-8-13-11(5-6-14-8)10-4-3-9(16-2)7-12(10)15-13/h9-16,18,21-24H,5-8H2,1-4H3,(H,19,25);1-6,16H,(H,17,18);3-4,7,15H,5-6H2,1-2H3/t9-,10-,11+,12-,13+,14-,15-,16-,18-;;/m1../s1. The van der Waals surface area contributed by atoms with E-state index in [1.165, 1.54) is 47.5 Å². The van der Waals surface area contributed by atoms with Gasteiger partial charge in [-0.2, -0.15) is 0 Å². The lowest BCUT2D eigenvalue weighted by Crippen LogP contribution is -2.65. The molecule has 0 radical (unpaired) electrons. The summed E-state index contributed by atoms with van der Waals surface area (Å²) in [6.45, 7) is 7.45. The Morgan fingerprint density at radius 3 is 2.46 bits per heavy atom. The zero-order valence-electron chi connectivity index (χ0n) is 35.0. The Labute approximate surface area is 357 Å². The Morgan fingerprint density at radius 2 is 1.82 bits per heavy atom. The number of rotatable bonds is 10. The number of amides is 1. The minimum absolute atomic E-state index is 0.0684. The first-order valence-corrected chi connectivity index (χ1v) is 21.4. The van der Waals surface area contributed by atoms with Crippen molar-refractivity contribution in [1.82, 2.24) is 15.2 Å². The summed E-state index contributed by atoms with van der Waals surface area (Å²) in [7, 11) is 3.60. The van der Waals surface area contributed by atoms with E-state index in [4.69, 9.17) is 14.6 Å². The molecule has 9 atom stereocenters. The third-order valence-corrected chi connectivity index (χ3v) is 12.2. The molecule has 61 heavy (non-hydrogen) atoms. The number of H-pyrrole nitrogens is 1. The van der Waals surface area contributed by atoms with Crippen molar-refractivity contribution >= 4 is 40.3 Å². The lowest BCUT2D eigenvalue weighted by molar-refractivity contribution is -0.211. The number of aliphatic imine (C=N–C) groups is 1. The number of nitrogens with zero attached hydrogens (tertiary/aromatic N) is 2. The number of methoxy groups -OCH3 is 1. The Balaban J connectivity index is 0.000000180. The van der Waals surface area contributed by atoms with Crippen molar-refractivity contribution in [2.45, 2.75) is 94.5 Å². The van der Waals surface area contributed by atoms with Crippen molar-refractivity contribution in [2.75, 3.05) is 33.5 Å². The van der Waals surface area contributed by atoms with Gasteiger partial charge in [0.2, 0.25) is 5.91 Å². The van der Waals surface area contributed by atoms with E-state index >= 15 is 0 Å². The van der Waals surface area contributed by atoms with Crippen molar-refractivity contribution < 1.29 is 58.5 Å². The van der Waals surface area contributed by atoms with Gasteiger partial charge in [0.1, 0.15) is 58.5 Å². The van der Waals surface area contributed by atoms with E-state index in [9.17, 15) is 43.9 Å². The average Bonchev–Trinajstić information content (AvgIpc) is 3.80. The molecule has 0 aliphatic carbocycles. The van der Waals surface area contributed by atoms with E-state index in [2.05, 4.69) is 35.2 Å². The minimum atomic E-state index is -1.42. The summed E-state index contributed by atoms with van der Waals surface area (Å²) >= 11 is 1.20. The lowest BCUT2D eigenvalue weighted by atomic mass is 9.92. The molecule has 0 unspecified atom stereocenters. The first-order valence-electron chi connectivity index (χ1n) is 20.1. The number of hydrogen-bond donors (Lipinski definition) is 8. The number of thioether (sulfide) groups is 1. The summed E-state index contributed by atoms with van der Waals surface area (Å²) in [4.78, 5) is 33.6. The van der Waals surface area contributed by atoms with Crippen LogP contribution >= 0.6 is 11.8 Å². The van der Waals surface area contributed by atoms with Crippen LogP contribution in [0.4, 0.5) is 8.78 Å². The zero-order chi connectivity index (χ0) is 44.7. The number of ether oxygens (including phenoxy) is 2. The molecule has 0 bridgehead atoms. The van der Waals surface area contributed by atoms with Gasteiger partial charge in [-0.3, -0.25) is 14.7 Å². The number of aromatic carboxylic acids is 1. The summed E-state index contributed by atoms with van der Waals surface area (Å²) in [5, 5.41) is 63.0. The quantitative estimate of drug-likeness (QED) is 0.109. The van der Waals surface area contributed by atoms with E-state index in [0.29, 0.717) is 12.0 Å². The highest BCUT2D eigenvalue weighted by Gasteiger charge is 2.48. The SMILES string of the molecule is CCC[C@@H]1C[C@@H](C(=O)N[C@@H]([C@H]2O[C@H](SC)[C@H](O)[C@@H](O)[C@H]2O)[C@@H](C)O)N(C)C1.COc1ccc2c3c([nH]c2c1)C(C)=NCC3.O=C(O)c1cc(-c2ccc(F)cc2F)ccc1O. The third kappa shape index (κ3) is 11.1. The lowest BCUT2D eigenvalue weighted by Gasteiger charge is -2.44. The van der Waals surface area contributed by atoms with E-state index in [1.807, 2.05) is 24.1 Å². The van der Waals surface area contributed by atoms with Crippen molar-refractivity contribution in [3.05, 3.63) is 83.1 Å². The summed E-state index contributed by atoms with van der Waals surface area (Å²) in [5.74, 6) is -2.11. The molecule has 2 fully saturated rings. The number of nitrogens with one attached hydrogen (secondary N) is 2. The smallest absolute Gasteiger partial charge is 0.339 e. The van der Waals surface area contributed by atoms with Gasteiger partial charge in [0, 0.05) is 41.7 Å². The summed E-state index contributed by atoms with van der Waals surface area (Å²) in [6.07, 6.45) is -0.469. The van der Waals surface area contributed by atoms with Crippen LogP contribution in [0, 0.1) is 17.6 Å². The molecule has 0 spiro atoms. The fraction of sp³-hybridized carbons (Fsp3) is 0.477. The molecular formula is C44H56F2N4O10S. The topological polar surface area (TPSA) is 217 Å². The number of carbonyl (C=O) groups is 2. The molecule has 4 heterocycles. The summed E-state index contributed by atoms with van der Waals surface area (Å²) < 4.78 is 37.2. The number of likely N-dealkylation sites (tertiary alicyclic amines) is 1. The second-order valence-electron chi connectivity index (χ2n) is 15.6. The molecule has 8 N–H and O–H groups in total. The van der Waals surface area contributed by atoms with Gasteiger partial charge in [0.25, 0.3) is 0 Å². The molecule has 17 heteroatoms. The molecular weight excluding hydrogens is 815 g/mol. The van der Waals surface area contributed by atoms with Gasteiger partial charge in [-0.15, -0.1) is 11.8 Å². The van der Waals surface area contributed by atoms with Gasteiger partial charge < -0.3 is 50.4 Å². The molecule has 3 aromatic carbocycles. The number of carbonyl (C=O) groups excluding carboxylic acids is 1. The van der Waals surface area contributed by atoms with E-state index < -0.39 is 65.4 Å². The predicted octanol–water partition coefficient (Wildman–Crippen LogP) is 4.72. The highest BCUT2D eigenvalue weighted by molar-refractivity contribution is 7.99. The van der Waals surface area contributed by atoms with Crippen LogP contribution < -0.4 is 10.1 Å². The first kappa shape index (κ1) is 47.4. The van der Waals surface area contributed by atoms with Crippen molar-refractivity contribution in [2.24, 2.45) is 10.9 Å². The highest BCUT2D eigenvalue weighted by Crippen LogP contribution is 2.32. The molecule has 3 aliphatic rings. The van der Waals surface area contributed by atoms with Crippen molar-refractivity contribution in [1.29, 1.82) is 0 Å². The molecule has 0 saturated carbocycles. The Hall–Kier alpha value is -4.62. The number of aromatic amines is 1. The minimum Gasteiger partial charge on any atom is -0.507 e. The number of aromatic hydroxyl groups is 1. The van der Waals surface area contributed by atoms with Gasteiger partial charge in [0.15, 0.2) is 0 Å². The largest absolute Gasteiger partial charge is 0.507 e. The second-order valence-corrected chi connectivity index (χ2v) is 16.5. The Bertz CT molecular complexity index is 2190. The number of likely N-dealkylation sites (N-methyl/N-ethyl adjacent to an activating group) is 1. The van der Waals surface area contributed by atoms with Crippen LogP contribution in [0.1, 0.15) is 61.6 Å². The van der Waals surface area contributed by atoms with E-state index in [-0.39, 0.29) is 28.6 Å². The molecule has 332 valence electrons. The van der Waals surface area contributed by atoms with Crippen LogP contribution in [0.5, 0.6) is 11.5 Å². The first-order chi connectivity index (χ1) is 29.0. The molecule has 1 amide bonds. The van der Waals surface area contributed by atoms with Crippen LogP contribution in [-0.2, 0) is 16.0 Å². The number of carboxylic acid groups (broad SMARTS) is 1. The fourth-order valence-corrected chi connectivity index (χ4v) is 8.75. The van der Waals surface area contributed by atoms with Gasteiger partial charge in [-0.25, -0.2) is 13.6 Å². The maximum atomic E-state index is 13.5. The number of phenols is 1. The number of hydrogen-bond acceptors (Lipinski definition) is 12. The molecule has 14 nitrogen and oxygen atoms in total. The van der Waals surface area contributed by atoms with Crippen LogP contribution in [0.3, 0.4) is 0 Å². The number of benzene rings is 3. The monoisotopic (exact) mass is 870 g/mol. The van der Waals surface area contributed by atoms with Crippen LogP contribution in [0.15, 0.2) is 59.6 Å². The van der Waals surface area contributed by atoms with E-state index in [0.717, 1.165) is 73.9 Å². The number of aliphatic hydroxyl groups excluding tert-OH is 4. The van der Waals surface area contributed by atoms with Gasteiger partial charge in [-0.05, 0) is 99.9 Å². The number of fused-ring (bicyclic) bond motifs is 3. The Kier molecular flexibility index (Phi) is 16.3. The average molecular weight is 871 g/mol. The van der Waals surface area contributed by atoms with Gasteiger partial charge in [-0.1, -0.05) is 19.4 Å². The molecule has 4 aromatic rings. The maximum Gasteiger partial charge on any atom is 0.339 e. The van der Waals surface area contributed by atoms with Crippen LogP contribution in [-0.4, -0.2) is 140 Å². The van der Waals surface area contributed by atoms with Gasteiger partial charge >= 0.3 is 5.97 Å². The number of halogens is 2. The van der Waals surface area contributed by atoms with Crippen LogP contribution in [0.2, 0.25) is 0 Å². The fourth-order valence-electron chi connectivity index (χ4n) is 8.08. The molecule has 2 saturated heterocycles. The summed E-state index contributed by atoms with van der Waals surface area (Å²) in [6, 6.07) is 11.6. The number of aliphatic hydroxyl groups is 4. The Morgan fingerprint density at radius 1 is 1.08 bits per heavy atom. The van der Waals surface area contributed by atoms with Crippen LogP contribution in [0.25, 0.3) is 22.0 Å². The second kappa shape index (κ2) is 21.0. The zero-order valence-corrected chi connectivity index (χ0v) is 35.8. The third-order valence-electron chi connectivity index (χ3n) is 11.3. The normalized spacial score (nSPS) is 24.6. The molecule has 1 aromatic heterocycles. The van der Waals surface area contributed by atoms with E-state index in [1.54, 1.807) is 13.4 Å². The number of aromatic nitrogens is 1. The van der Waals surface area contributed by atoms with Crippen molar-refractivity contribution in [3.63, 3.8) is 0 Å². The molecule has 7 rings (SSSR count). The predicted molar refractivity (Wildman–Crippen MR) is 229 cm³/mol. The molecule has 3 aliphatic heterocycles. The van der Waals surface area contributed by atoms with Crippen molar-refractivity contribution in [3.8, 4) is 22.6 Å².